The van der Waals surface area contributed by atoms with Crippen molar-refractivity contribution in [2.24, 2.45) is 0 Å². The van der Waals surface area contributed by atoms with E-state index in [-0.39, 0.29) is 23.6 Å². The zero-order valence-electron chi connectivity index (χ0n) is 11.4. The molecule has 2 aromatic carbocycles. The molecule has 1 aliphatic heterocycles. The molecule has 21 heavy (non-hydrogen) atoms. The summed E-state index contributed by atoms with van der Waals surface area (Å²) in [5.74, 6) is 0.490. The molecule has 0 bridgehead atoms. The predicted molar refractivity (Wildman–Crippen MR) is 85.2 cm³/mol. The van der Waals surface area contributed by atoms with Crippen molar-refractivity contribution < 1.29 is 9.90 Å². The second-order valence-electron chi connectivity index (χ2n) is 5.37. The third-order valence-electron chi connectivity index (χ3n) is 3.95. The van der Waals surface area contributed by atoms with Gasteiger partial charge >= 0.3 is 0 Å². The lowest BCUT2D eigenvalue weighted by molar-refractivity contribution is -0.119. The highest BCUT2D eigenvalue weighted by Gasteiger charge is 2.33. The van der Waals surface area contributed by atoms with E-state index in [9.17, 15) is 9.90 Å². The third-order valence-corrected chi connectivity index (χ3v) is 4.45. The maximum absolute atomic E-state index is 11.8. The highest BCUT2D eigenvalue weighted by atomic mass is 79.9. The van der Waals surface area contributed by atoms with Gasteiger partial charge in [0.1, 0.15) is 5.75 Å². The normalized spacial score (nSPS) is 21.3. The predicted octanol–water partition coefficient (Wildman–Crippen LogP) is 3.37. The van der Waals surface area contributed by atoms with Gasteiger partial charge in [-0.1, -0.05) is 52.3 Å². The van der Waals surface area contributed by atoms with Crippen LogP contribution in [0, 0.1) is 0 Å². The van der Waals surface area contributed by atoms with Crippen LogP contribution in [-0.4, -0.2) is 17.1 Å². The lowest BCUT2D eigenvalue weighted by Crippen LogP contribution is -2.30. The van der Waals surface area contributed by atoms with Crippen LogP contribution in [0.4, 0.5) is 0 Å². The number of carbonyl (C=O) groups excluding carboxylic acids is 1. The summed E-state index contributed by atoms with van der Waals surface area (Å²) in [5.41, 5.74) is 2.02. The number of phenols is 1. The molecule has 2 aromatic rings. The molecule has 0 aromatic heterocycles. The van der Waals surface area contributed by atoms with Crippen LogP contribution in [-0.2, 0) is 11.2 Å². The van der Waals surface area contributed by atoms with E-state index in [2.05, 4.69) is 33.4 Å². The molecule has 1 fully saturated rings. The van der Waals surface area contributed by atoms with Crippen molar-refractivity contribution in [2.75, 3.05) is 0 Å². The quantitative estimate of drug-likeness (QED) is 0.895. The molecule has 2 atom stereocenters. The summed E-state index contributed by atoms with van der Waals surface area (Å²) < 4.78 is 0.846. The van der Waals surface area contributed by atoms with E-state index in [1.165, 1.54) is 0 Å². The highest BCUT2D eigenvalue weighted by Crippen LogP contribution is 2.32. The van der Waals surface area contributed by atoms with E-state index in [1.807, 2.05) is 30.3 Å². The number of hydrogen-bond acceptors (Lipinski definition) is 2. The molecule has 4 heteroatoms. The SMILES string of the molecule is O=C1CC(c2ccccc2)C(Cc2ccc(Br)cc2O)N1. The Bertz CT molecular complexity index is 657. The van der Waals surface area contributed by atoms with E-state index in [1.54, 1.807) is 6.07 Å². The van der Waals surface area contributed by atoms with Crippen LogP contribution in [0.3, 0.4) is 0 Å². The number of carbonyl (C=O) groups is 1. The maximum atomic E-state index is 11.8. The summed E-state index contributed by atoms with van der Waals surface area (Å²) in [6.07, 6.45) is 1.14. The molecule has 2 unspecified atom stereocenters. The van der Waals surface area contributed by atoms with Gasteiger partial charge in [-0.05, 0) is 29.7 Å². The molecule has 0 aliphatic carbocycles. The monoisotopic (exact) mass is 345 g/mol. The highest BCUT2D eigenvalue weighted by molar-refractivity contribution is 9.10. The molecule has 1 aliphatic rings. The molecule has 1 amide bonds. The van der Waals surface area contributed by atoms with Gasteiger partial charge in [0.05, 0.1) is 0 Å². The van der Waals surface area contributed by atoms with Gasteiger partial charge in [0.15, 0.2) is 0 Å². The summed E-state index contributed by atoms with van der Waals surface area (Å²) in [6.45, 7) is 0. The number of amides is 1. The fraction of sp³-hybridized carbons (Fsp3) is 0.235. The Kier molecular flexibility index (Phi) is 3.97. The van der Waals surface area contributed by atoms with Crippen LogP contribution in [0.5, 0.6) is 5.75 Å². The molecular formula is C17H16BrNO2. The van der Waals surface area contributed by atoms with Crippen LogP contribution in [0.1, 0.15) is 23.5 Å². The number of halogens is 1. The summed E-state index contributed by atoms with van der Waals surface area (Å²) in [5, 5.41) is 13.1. The van der Waals surface area contributed by atoms with Crippen LogP contribution in [0.15, 0.2) is 53.0 Å². The standard InChI is InChI=1S/C17H16BrNO2/c18-13-7-6-12(16(20)9-13)8-15-14(10-17(21)19-15)11-4-2-1-3-5-11/h1-7,9,14-15,20H,8,10H2,(H,19,21). The van der Waals surface area contributed by atoms with Crippen LogP contribution < -0.4 is 5.32 Å². The lowest BCUT2D eigenvalue weighted by atomic mass is 9.88. The first-order valence-electron chi connectivity index (χ1n) is 6.95. The van der Waals surface area contributed by atoms with Gasteiger partial charge in [-0.15, -0.1) is 0 Å². The molecule has 0 saturated carbocycles. The van der Waals surface area contributed by atoms with Crippen LogP contribution >= 0.6 is 15.9 Å². The van der Waals surface area contributed by atoms with Gasteiger partial charge in [0, 0.05) is 22.9 Å². The van der Waals surface area contributed by atoms with Gasteiger partial charge in [-0.3, -0.25) is 4.79 Å². The number of hydrogen-bond donors (Lipinski definition) is 2. The third kappa shape index (κ3) is 3.10. The van der Waals surface area contributed by atoms with Gasteiger partial charge in [0.25, 0.3) is 0 Å². The van der Waals surface area contributed by atoms with E-state index in [4.69, 9.17) is 0 Å². The summed E-state index contributed by atoms with van der Waals surface area (Å²) >= 11 is 3.34. The lowest BCUT2D eigenvalue weighted by Gasteiger charge is -2.20. The molecule has 1 saturated heterocycles. The van der Waals surface area contributed by atoms with E-state index < -0.39 is 0 Å². The largest absolute Gasteiger partial charge is 0.508 e. The fourth-order valence-electron chi connectivity index (χ4n) is 2.90. The minimum Gasteiger partial charge on any atom is -0.508 e. The van der Waals surface area contributed by atoms with Crippen LogP contribution in [0.25, 0.3) is 0 Å². The van der Waals surface area contributed by atoms with Gasteiger partial charge in [-0.25, -0.2) is 0 Å². The molecule has 3 rings (SSSR count). The smallest absolute Gasteiger partial charge is 0.220 e. The maximum Gasteiger partial charge on any atom is 0.220 e. The van der Waals surface area contributed by atoms with Gasteiger partial charge in [-0.2, -0.15) is 0 Å². The first kappa shape index (κ1) is 14.1. The molecular weight excluding hydrogens is 330 g/mol. The summed E-state index contributed by atoms with van der Waals surface area (Å²) in [4.78, 5) is 11.8. The first-order valence-corrected chi connectivity index (χ1v) is 7.74. The van der Waals surface area contributed by atoms with Crippen molar-refractivity contribution in [2.45, 2.75) is 24.8 Å². The van der Waals surface area contributed by atoms with Crippen molar-refractivity contribution >= 4 is 21.8 Å². The zero-order chi connectivity index (χ0) is 14.8. The Morgan fingerprint density at radius 3 is 2.67 bits per heavy atom. The van der Waals surface area contributed by atoms with Crippen molar-refractivity contribution in [1.82, 2.24) is 5.32 Å². The zero-order valence-corrected chi connectivity index (χ0v) is 13.0. The molecule has 2 N–H and O–H groups in total. The van der Waals surface area contributed by atoms with Crippen molar-refractivity contribution in [1.29, 1.82) is 0 Å². The molecule has 108 valence electrons. The second kappa shape index (κ2) is 5.90. The number of rotatable bonds is 3. The second-order valence-corrected chi connectivity index (χ2v) is 6.29. The molecule has 1 heterocycles. The van der Waals surface area contributed by atoms with E-state index in [0.717, 1.165) is 15.6 Å². The van der Waals surface area contributed by atoms with Crippen molar-refractivity contribution in [3.05, 3.63) is 64.1 Å². The van der Waals surface area contributed by atoms with E-state index in [0.29, 0.717) is 12.8 Å². The van der Waals surface area contributed by atoms with Crippen LogP contribution in [0.2, 0.25) is 0 Å². The van der Waals surface area contributed by atoms with Crippen molar-refractivity contribution in [3.63, 3.8) is 0 Å². The first-order chi connectivity index (χ1) is 10.1. The number of nitrogens with one attached hydrogen (secondary N) is 1. The average Bonchev–Trinajstić information content (AvgIpc) is 2.84. The summed E-state index contributed by atoms with van der Waals surface area (Å²) in [7, 11) is 0. The molecule has 0 spiro atoms. The number of phenolic OH excluding ortho intramolecular Hbond substituents is 1. The Balaban J connectivity index is 1.84. The minimum absolute atomic E-state index is 0.0203. The average molecular weight is 346 g/mol. The fourth-order valence-corrected chi connectivity index (χ4v) is 3.25. The Hall–Kier alpha value is -1.81. The summed E-state index contributed by atoms with van der Waals surface area (Å²) in [6, 6.07) is 15.6. The number of aromatic hydroxyl groups is 1. The topological polar surface area (TPSA) is 49.3 Å². The molecule has 3 nitrogen and oxygen atoms in total. The minimum atomic E-state index is 0.0203. The van der Waals surface area contributed by atoms with Crippen molar-refractivity contribution in [3.8, 4) is 5.75 Å². The van der Waals surface area contributed by atoms with Gasteiger partial charge in [0.2, 0.25) is 5.91 Å². The Morgan fingerprint density at radius 2 is 1.95 bits per heavy atom. The molecule has 0 radical (unpaired) electrons. The van der Waals surface area contributed by atoms with Gasteiger partial charge < -0.3 is 10.4 Å². The Labute approximate surface area is 132 Å². The van der Waals surface area contributed by atoms with E-state index >= 15 is 0 Å². The Morgan fingerprint density at radius 1 is 1.19 bits per heavy atom. The number of benzene rings is 2.